The Bertz CT molecular complexity index is 434. The molecule has 0 aromatic carbocycles. The molecule has 2 heterocycles. The Hall–Kier alpha value is -1.04. The second-order valence-electron chi connectivity index (χ2n) is 6.54. The maximum absolute atomic E-state index is 4.78. The summed E-state index contributed by atoms with van der Waals surface area (Å²) in [7, 11) is 4.36. The van der Waals surface area contributed by atoms with Crippen LogP contribution < -0.4 is 5.32 Å². The number of nitrogens with one attached hydrogen (secondary N) is 1. The molecule has 0 spiro atoms. The molecule has 5 heteroatoms. The molecule has 118 valence electrons. The SMILES string of the molecule is CC(C)CNCc1ccnc(C2CN(C)CCCN2C)n1. The van der Waals surface area contributed by atoms with Crippen molar-refractivity contribution >= 4 is 0 Å². The fraction of sp³-hybridized carbons (Fsp3) is 0.750. The first-order valence-corrected chi connectivity index (χ1v) is 7.97. The fourth-order valence-electron chi connectivity index (χ4n) is 2.71. The van der Waals surface area contributed by atoms with E-state index >= 15 is 0 Å². The minimum Gasteiger partial charge on any atom is -0.311 e. The molecule has 21 heavy (non-hydrogen) atoms. The second kappa shape index (κ2) is 7.82. The Labute approximate surface area is 128 Å². The van der Waals surface area contributed by atoms with Gasteiger partial charge in [-0.15, -0.1) is 0 Å². The number of aromatic nitrogens is 2. The summed E-state index contributed by atoms with van der Waals surface area (Å²) in [4.78, 5) is 14.1. The topological polar surface area (TPSA) is 44.3 Å². The molecule has 1 unspecified atom stereocenters. The van der Waals surface area contributed by atoms with Gasteiger partial charge in [0.05, 0.1) is 11.7 Å². The summed E-state index contributed by atoms with van der Waals surface area (Å²) in [6, 6.07) is 2.31. The van der Waals surface area contributed by atoms with Gasteiger partial charge in [0, 0.05) is 19.3 Å². The highest BCUT2D eigenvalue weighted by Crippen LogP contribution is 2.20. The summed E-state index contributed by atoms with van der Waals surface area (Å²) >= 11 is 0. The quantitative estimate of drug-likeness (QED) is 0.891. The van der Waals surface area contributed by atoms with Crippen LogP contribution in [0, 0.1) is 5.92 Å². The van der Waals surface area contributed by atoms with Gasteiger partial charge in [-0.3, -0.25) is 4.90 Å². The van der Waals surface area contributed by atoms with Gasteiger partial charge in [-0.25, -0.2) is 9.97 Å². The molecule has 1 atom stereocenters. The van der Waals surface area contributed by atoms with Crippen LogP contribution in [0.5, 0.6) is 0 Å². The predicted molar refractivity (Wildman–Crippen MR) is 86.1 cm³/mol. The van der Waals surface area contributed by atoms with Crippen LogP contribution in [0.4, 0.5) is 0 Å². The summed E-state index contributed by atoms with van der Waals surface area (Å²) in [6.45, 7) is 9.53. The van der Waals surface area contributed by atoms with Gasteiger partial charge in [0.2, 0.25) is 0 Å². The normalized spacial score (nSPS) is 21.7. The summed E-state index contributed by atoms with van der Waals surface area (Å²) in [5.41, 5.74) is 1.08. The largest absolute Gasteiger partial charge is 0.311 e. The molecular weight excluding hydrogens is 262 g/mol. The van der Waals surface area contributed by atoms with E-state index in [4.69, 9.17) is 4.98 Å². The van der Waals surface area contributed by atoms with Crippen LogP contribution in [0.15, 0.2) is 12.3 Å². The van der Waals surface area contributed by atoms with Crippen molar-refractivity contribution < 1.29 is 0 Å². The number of rotatable bonds is 5. The van der Waals surface area contributed by atoms with Gasteiger partial charge < -0.3 is 10.2 Å². The summed E-state index contributed by atoms with van der Waals surface area (Å²) in [5.74, 6) is 1.61. The molecule has 1 fully saturated rings. The van der Waals surface area contributed by atoms with Crippen molar-refractivity contribution in [1.29, 1.82) is 0 Å². The highest BCUT2D eigenvalue weighted by Gasteiger charge is 2.24. The lowest BCUT2D eigenvalue weighted by Gasteiger charge is -2.26. The predicted octanol–water partition coefficient (Wildman–Crippen LogP) is 1.53. The number of nitrogens with zero attached hydrogens (tertiary/aromatic N) is 4. The van der Waals surface area contributed by atoms with E-state index in [1.54, 1.807) is 0 Å². The van der Waals surface area contributed by atoms with E-state index < -0.39 is 0 Å². The zero-order chi connectivity index (χ0) is 15.2. The molecule has 1 aromatic heterocycles. The molecule has 0 aliphatic carbocycles. The molecule has 1 aliphatic heterocycles. The standard InChI is InChI=1S/C16H29N5/c1-13(2)10-17-11-14-6-7-18-16(19-14)15-12-20(3)8-5-9-21(15)4/h6-7,13,15,17H,5,8-12H2,1-4H3. The summed E-state index contributed by atoms with van der Waals surface area (Å²) < 4.78 is 0. The third-order valence-electron chi connectivity index (χ3n) is 3.96. The first-order chi connectivity index (χ1) is 10.1. The molecule has 2 rings (SSSR count). The maximum Gasteiger partial charge on any atom is 0.146 e. The Kier molecular flexibility index (Phi) is 6.08. The van der Waals surface area contributed by atoms with Crippen molar-refractivity contribution in [3.8, 4) is 0 Å². The first kappa shape index (κ1) is 16.3. The van der Waals surface area contributed by atoms with Crippen LogP contribution in [0.3, 0.4) is 0 Å². The summed E-state index contributed by atoms with van der Waals surface area (Å²) in [5, 5.41) is 3.45. The maximum atomic E-state index is 4.78. The minimum atomic E-state index is 0.294. The summed E-state index contributed by atoms with van der Waals surface area (Å²) in [6.07, 6.45) is 3.10. The van der Waals surface area contributed by atoms with Gasteiger partial charge in [0.15, 0.2) is 0 Å². The Morgan fingerprint density at radius 3 is 2.90 bits per heavy atom. The van der Waals surface area contributed by atoms with Crippen molar-refractivity contribution in [1.82, 2.24) is 25.1 Å². The van der Waals surface area contributed by atoms with Crippen LogP contribution in [0.1, 0.15) is 37.8 Å². The molecular formula is C16H29N5. The average molecular weight is 291 g/mol. The number of likely N-dealkylation sites (N-methyl/N-ethyl adjacent to an activating group) is 2. The highest BCUT2D eigenvalue weighted by atomic mass is 15.2. The average Bonchev–Trinajstić information content (AvgIpc) is 2.60. The zero-order valence-corrected chi connectivity index (χ0v) is 13.8. The first-order valence-electron chi connectivity index (χ1n) is 7.97. The van der Waals surface area contributed by atoms with Crippen LogP contribution in [-0.4, -0.2) is 60.0 Å². The van der Waals surface area contributed by atoms with Crippen LogP contribution in [0.25, 0.3) is 0 Å². The number of hydrogen-bond donors (Lipinski definition) is 1. The van der Waals surface area contributed by atoms with Crippen molar-refractivity contribution in [2.45, 2.75) is 32.9 Å². The lowest BCUT2D eigenvalue weighted by atomic mass is 10.2. The van der Waals surface area contributed by atoms with Crippen molar-refractivity contribution in [2.75, 3.05) is 40.3 Å². The van der Waals surface area contributed by atoms with E-state index in [-0.39, 0.29) is 0 Å². The van der Waals surface area contributed by atoms with E-state index in [1.165, 1.54) is 6.42 Å². The highest BCUT2D eigenvalue weighted by molar-refractivity contribution is 5.06. The molecule has 0 radical (unpaired) electrons. The van der Waals surface area contributed by atoms with Crippen molar-refractivity contribution in [3.05, 3.63) is 23.8 Å². The molecule has 1 aliphatic rings. The molecule has 5 nitrogen and oxygen atoms in total. The molecule has 1 N–H and O–H groups in total. The molecule has 0 saturated carbocycles. The third-order valence-corrected chi connectivity index (χ3v) is 3.96. The van der Waals surface area contributed by atoms with Gasteiger partial charge >= 0.3 is 0 Å². The molecule has 0 amide bonds. The van der Waals surface area contributed by atoms with Crippen LogP contribution >= 0.6 is 0 Å². The lowest BCUT2D eigenvalue weighted by molar-refractivity contribution is 0.219. The zero-order valence-electron chi connectivity index (χ0n) is 13.8. The van der Waals surface area contributed by atoms with E-state index in [9.17, 15) is 0 Å². The van der Waals surface area contributed by atoms with Gasteiger partial charge in [-0.05, 0) is 52.1 Å². The number of hydrogen-bond acceptors (Lipinski definition) is 5. The Balaban J connectivity index is 2.04. The van der Waals surface area contributed by atoms with Crippen molar-refractivity contribution in [3.63, 3.8) is 0 Å². The Morgan fingerprint density at radius 2 is 2.14 bits per heavy atom. The van der Waals surface area contributed by atoms with Gasteiger partial charge in [-0.2, -0.15) is 0 Å². The molecule has 0 bridgehead atoms. The van der Waals surface area contributed by atoms with Crippen LogP contribution in [-0.2, 0) is 6.54 Å². The third kappa shape index (κ3) is 5.02. The Morgan fingerprint density at radius 1 is 1.33 bits per heavy atom. The fourth-order valence-corrected chi connectivity index (χ4v) is 2.71. The minimum absolute atomic E-state index is 0.294. The molecule has 1 aromatic rings. The van der Waals surface area contributed by atoms with Gasteiger partial charge in [-0.1, -0.05) is 13.8 Å². The second-order valence-corrected chi connectivity index (χ2v) is 6.54. The van der Waals surface area contributed by atoms with Crippen molar-refractivity contribution in [2.24, 2.45) is 5.92 Å². The van der Waals surface area contributed by atoms with E-state index in [2.05, 4.69) is 48.0 Å². The van der Waals surface area contributed by atoms with Gasteiger partial charge in [0.1, 0.15) is 5.82 Å². The van der Waals surface area contributed by atoms with E-state index in [0.29, 0.717) is 12.0 Å². The smallest absolute Gasteiger partial charge is 0.146 e. The monoisotopic (exact) mass is 291 g/mol. The molecule has 1 saturated heterocycles. The van der Waals surface area contributed by atoms with Crippen LogP contribution in [0.2, 0.25) is 0 Å². The lowest BCUT2D eigenvalue weighted by Crippen LogP contribution is -2.32. The van der Waals surface area contributed by atoms with E-state index in [1.807, 2.05) is 12.3 Å². The van der Waals surface area contributed by atoms with Gasteiger partial charge in [0.25, 0.3) is 0 Å². The van der Waals surface area contributed by atoms with E-state index in [0.717, 1.165) is 44.2 Å².